The predicted octanol–water partition coefficient (Wildman–Crippen LogP) is 4.94. The van der Waals surface area contributed by atoms with E-state index in [1.807, 2.05) is 53.1 Å². The van der Waals surface area contributed by atoms with Gasteiger partial charge in [-0.05, 0) is 30.3 Å². The molecule has 180 valence electrons. The van der Waals surface area contributed by atoms with Gasteiger partial charge in [0.2, 0.25) is 0 Å². The number of carbonyl (C=O) groups is 1. The van der Waals surface area contributed by atoms with Gasteiger partial charge in [0, 0.05) is 17.2 Å². The molecule has 0 saturated carbocycles. The van der Waals surface area contributed by atoms with Gasteiger partial charge in [0.15, 0.2) is 39.8 Å². The highest BCUT2D eigenvalue weighted by Crippen LogP contribution is 2.34. The van der Waals surface area contributed by atoms with Crippen LogP contribution in [0.15, 0.2) is 71.9 Å². The predicted molar refractivity (Wildman–Crippen MR) is 134 cm³/mol. The topological polar surface area (TPSA) is 84.7 Å². The Balaban J connectivity index is 1.68. The number of hydrogen-bond donors (Lipinski definition) is 0. The van der Waals surface area contributed by atoms with E-state index in [1.165, 1.54) is 18.9 Å². The number of aromatic nitrogens is 3. The van der Waals surface area contributed by atoms with Crippen molar-refractivity contribution < 1.29 is 23.7 Å². The zero-order valence-electron chi connectivity index (χ0n) is 19.8. The summed E-state index contributed by atoms with van der Waals surface area (Å²) in [5, 5.41) is 9.41. The Morgan fingerprint density at radius 1 is 0.771 bits per heavy atom. The molecule has 4 rings (SSSR count). The van der Waals surface area contributed by atoms with E-state index in [2.05, 4.69) is 10.2 Å². The second-order valence-corrected chi connectivity index (χ2v) is 8.27. The van der Waals surface area contributed by atoms with Gasteiger partial charge in [0.05, 0.1) is 39.9 Å². The van der Waals surface area contributed by atoms with E-state index in [1.54, 1.807) is 39.5 Å². The summed E-state index contributed by atoms with van der Waals surface area (Å²) >= 11 is 1.30. The lowest BCUT2D eigenvalue weighted by Gasteiger charge is -2.14. The molecule has 0 bridgehead atoms. The van der Waals surface area contributed by atoms with Crippen molar-refractivity contribution in [3.05, 3.63) is 72.3 Å². The number of carbonyl (C=O) groups excluding carboxylic acids is 1. The van der Waals surface area contributed by atoms with E-state index in [-0.39, 0.29) is 11.5 Å². The molecule has 0 aliphatic rings. The smallest absolute Gasteiger partial charge is 0.196 e. The molecule has 35 heavy (non-hydrogen) atoms. The SMILES string of the molecule is COc1ccc(C(=O)CSc2nnc(-c3ccccc3)n2-c2ccc(OC)c(OC)c2)cc1OC. The number of Topliss-reactive ketones (excluding diaryl/α,β-unsaturated/α-hetero) is 1. The highest BCUT2D eigenvalue weighted by molar-refractivity contribution is 7.99. The summed E-state index contributed by atoms with van der Waals surface area (Å²) in [6.45, 7) is 0. The number of benzene rings is 3. The molecule has 0 amide bonds. The van der Waals surface area contributed by atoms with Crippen LogP contribution in [0.5, 0.6) is 23.0 Å². The first-order valence-electron chi connectivity index (χ1n) is 10.7. The van der Waals surface area contributed by atoms with Gasteiger partial charge in [-0.25, -0.2) is 0 Å². The summed E-state index contributed by atoms with van der Waals surface area (Å²) in [6.07, 6.45) is 0. The molecular weight excluding hydrogens is 466 g/mol. The Morgan fingerprint density at radius 3 is 2.06 bits per heavy atom. The average Bonchev–Trinajstić information content (AvgIpc) is 3.35. The van der Waals surface area contributed by atoms with Crippen molar-refractivity contribution in [1.82, 2.24) is 14.8 Å². The Kier molecular flexibility index (Phi) is 7.57. The normalized spacial score (nSPS) is 10.6. The first kappa shape index (κ1) is 24.2. The van der Waals surface area contributed by atoms with E-state index in [9.17, 15) is 4.79 Å². The van der Waals surface area contributed by atoms with Gasteiger partial charge in [-0.1, -0.05) is 42.1 Å². The van der Waals surface area contributed by atoms with E-state index >= 15 is 0 Å². The lowest BCUT2D eigenvalue weighted by molar-refractivity contribution is 0.102. The molecule has 0 unspecified atom stereocenters. The van der Waals surface area contributed by atoms with Crippen LogP contribution in [0.25, 0.3) is 17.1 Å². The molecule has 0 atom stereocenters. The molecule has 0 saturated heterocycles. The minimum Gasteiger partial charge on any atom is -0.493 e. The number of ketones is 1. The number of methoxy groups -OCH3 is 4. The third-order valence-electron chi connectivity index (χ3n) is 5.33. The molecular formula is C26H25N3O5S. The lowest BCUT2D eigenvalue weighted by atomic mass is 10.1. The summed E-state index contributed by atoms with van der Waals surface area (Å²) < 4.78 is 23.4. The molecule has 1 heterocycles. The highest BCUT2D eigenvalue weighted by atomic mass is 32.2. The first-order valence-corrected chi connectivity index (χ1v) is 11.7. The maximum absolute atomic E-state index is 13.0. The van der Waals surface area contributed by atoms with Crippen LogP contribution < -0.4 is 18.9 Å². The van der Waals surface area contributed by atoms with Gasteiger partial charge < -0.3 is 18.9 Å². The molecule has 3 aromatic carbocycles. The minimum absolute atomic E-state index is 0.0703. The molecule has 0 spiro atoms. The van der Waals surface area contributed by atoms with Crippen LogP contribution in [-0.4, -0.2) is 54.7 Å². The summed E-state index contributed by atoms with van der Waals surface area (Å²) in [6, 6.07) is 20.4. The van der Waals surface area contributed by atoms with Crippen LogP contribution in [0.2, 0.25) is 0 Å². The van der Waals surface area contributed by atoms with Crippen molar-refractivity contribution in [3.8, 4) is 40.1 Å². The Labute approximate surface area is 207 Å². The molecule has 9 heteroatoms. The van der Waals surface area contributed by atoms with Crippen molar-refractivity contribution >= 4 is 17.5 Å². The van der Waals surface area contributed by atoms with Crippen LogP contribution in [0, 0.1) is 0 Å². The second kappa shape index (κ2) is 11.0. The zero-order valence-corrected chi connectivity index (χ0v) is 20.7. The minimum atomic E-state index is -0.0703. The first-order chi connectivity index (χ1) is 17.1. The molecule has 0 radical (unpaired) electrons. The number of rotatable bonds is 10. The van der Waals surface area contributed by atoms with Gasteiger partial charge in [0.1, 0.15) is 0 Å². The van der Waals surface area contributed by atoms with Gasteiger partial charge in [0.25, 0.3) is 0 Å². The third-order valence-corrected chi connectivity index (χ3v) is 6.26. The molecule has 0 aliphatic carbocycles. The number of ether oxygens (including phenoxy) is 4. The number of nitrogens with zero attached hydrogens (tertiary/aromatic N) is 3. The molecule has 1 aromatic heterocycles. The maximum atomic E-state index is 13.0. The van der Waals surface area contributed by atoms with Gasteiger partial charge in [-0.2, -0.15) is 0 Å². The number of hydrogen-bond acceptors (Lipinski definition) is 8. The molecule has 0 fully saturated rings. The third kappa shape index (κ3) is 5.09. The summed E-state index contributed by atoms with van der Waals surface area (Å²) in [4.78, 5) is 13.0. The monoisotopic (exact) mass is 491 g/mol. The standard InChI is InChI=1S/C26H25N3O5S/c1-31-21-12-10-18(14-23(21)33-3)20(30)16-35-26-28-27-25(17-8-6-5-7-9-17)29(26)19-11-13-22(32-2)24(15-19)34-4/h5-15H,16H2,1-4H3. The van der Waals surface area contributed by atoms with Crippen molar-refractivity contribution in [1.29, 1.82) is 0 Å². The zero-order chi connectivity index (χ0) is 24.8. The Morgan fingerprint density at radius 2 is 1.40 bits per heavy atom. The molecule has 8 nitrogen and oxygen atoms in total. The fourth-order valence-electron chi connectivity index (χ4n) is 3.56. The van der Waals surface area contributed by atoms with Gasteiger partial charge in [-0.3, -0.25) is 9.36 Å². The van der Waals surface area contributed by atoms with Crippen LogP contribution in [0.1, 0.15) is 10.4 Å². The van der Waals surface area contributed by atoms with Crippen LogP contribution in [0.4, 0.5) is 0 Å². The maximum Gasteiger partial charge on any atom is 0.196 e. The molecule has 4 aromatic rings. The fourth-order valence-corrected chi connectivity index (χ4v) is 4.40. The van der Waals surface area contributed by atoms with E-state index in [0.717, 1.165) is 11.3 Å². The van der Waals surface area contributed by atoms with Gasteiger partial charge >= 0.3 is 0 Å². The van der Waals surface area contributed by atoms with Crippen molar-refractivity contribution in [3.63, 3.8) is 0 Å². The van der Waals surface area contributed by atoms with Crippen molar-refractivity contribution in [2.45, 2.75) is 5.16 Å². The number of thioether (sulfide) groups is 1. The summed E-state index contributed by atoms with van der Waals surface area (Å²) in [5.41, 5.74) is 2.20. The fraction of sp³-hybridized carbons (Fsp3) is 0.192. The van der Waals surface area contributed by atoms with Crippen LogP contribution >= 0.6 is 11.8 Å². The summed E-state index contributed by atoms with van der Waals surface area (Å²) in [5.74, 6) is 3.01. The van der Waals surface area contributed by atoms with E-state index < -0.39 is 0 Å². The lowest BCUT2D eigenvalue weighted by Crippen LogP contribution is -2.06. The van der Waals surface area contributed by atoms with E-state index in [0.29, 0.717) is 39.5 Å². The quantitative estimate of drug-likeness (QED) is 0.228. The van der Waals surface area contributed by atoms with Crippen molar-refractivity contribution in [2.75, 3.05) is 34.2 Å². The molecule has 0 N–H and O–H groups in total. The second-order valence-electron chi connectivity index (χ2n) is 7.33. The van der Waals surface area contributed by atoms with Crippen LogP contribution in [0.3, 0.4) is 0 Å². The van der Waals surface area contributed by atoms with Crippen molar-refractivity contribution in [2.24, 2.45) is 0 Å². The highest BCUT2D eigenvalue weighted by Gasteiger charge is 2.19. The summed E-state index contributed by atoms with van der Waals surface area (Å²) in [7, 11) is 6.27. The average molecular weight is 492 g/mol. The van der Waals surface area contributed by atoms with Gasteiger partial charge in [-0.15, -0.1) is 10.2 Å². The Hall–Kier alpha value is -3.98. The van der Waals surface area contributed by atoms with Crippen LogP contribution in [-0.2, 0) is 0 Å². The van der Waals surface area contributed by atoms with E-state index in [4.69, 9.17) is 18.9 Å². The Bertz CT molecular complexity index is 1320. The largest absolute Gasteiger partial charge is 0.493 e. The molecule has 0 aliphatic heterocycles.